The summed E-state index contributed by atoms with van der Waals surface area (Å²) in [5.74, 6) is 0. The zero-order chi connectivity index (χ0) is 20.7. The maximum Gasteiger partial charge on any atom is 0.0215 e. The van der Waals surface area contributed by atoms with Gasteiger partial charge in [0, 0.05) is 5.41 Å². The van der Waals surface area contributed by atoms with Crippen molar-refractivity contribution in [2.24, 2.45) is 0 Å². The van der Waals surface area contributed by atoms with E-state index in [1.165, 1.54) is 47.9 Å². The van der Waals surface area contributed by atoms with Crippen LogP contribution in [0.15, 0.2) is 86.0 Å². The van der Waals surface area contributed by atoms with Crippen molar-refractivity contribution in [2.75, 3.05) is 0 Å². The SMILES string of the molecule is C=CC=CCCCC1(CCCC=CC=C)c2cc(C)ccc2-c2ccc(C)cc21. The molecule has 0 amide bonds. The molecule has 0 saturated carbocycles. The van der Waals surface area contributed by atoms with Crippen LogP contribution in [0.4, 0.5) is 0 Å². The van der Waals surface area contributed by atoms with Gasteiger partial charge in [-0.2, -0.15) is 0 Å². The first-order valence-corrected chi connectivity index (χ1v) is 10.9. The van der Waals surface area contributed by atoms with Crippen LogP contribution in [-0.2, 0) is 5.41 Å². The number of benzene rings is 2. The van der Waals surface area contributed by atoms with Crippen LogP contribution in [0.2, 0.25) is 0 Å². The zero-order valence-electron chi connectivity index (χ0n) is 18.1. The number of fused-ring (bicyclic) bond motifs is 3. The summed E-state index contributed by atoms with van der Waals surface area (Å²) in [4.78, 5) is 0. The second-order valence-electron chi connectivity index (χ2n) is 8.29. The van der Waals surface area contributed by atoms with Crippen LogP contribution >= 0.6 is 0 Å². The van der Waals surface area contributed by atoms with Crippen LogP contribution in [0.3, 0.4) is 0 Å². The van der Waals surface area contributed by atoms with Gasteiger partial charge in [0.15, 0.2) is 0 Å². The summed E-state index contributed by atoms with van der Waals surface area (Å²) < 4.78 is 0. The molecule has 1 aliphatic carbocycles. The summed E-state index contributed by atoms with van der Waals surface area (Å²) in [6.07, 6.45) is 19.3. The van der Waals surface area contributed by atoms with E-state index in [4.69, 9.17) is 0 Å². The largest absolute Gasteiger partial charge is 0.0991 e. The van der Waals surface area contributed by atoms with Gasteiger partial charge in [-0.15, -0.1) is 0 Å². The maximum atomic E-state index is 3.79. The Balaban J connectivity index is 2.02. The third kappa shape index (κ3) is 4.53. The molecule has 0 nitrogen and oxygen atoms in total. The highest BCUT2D eigenvalue weighted by atomic mass is 14.4. The fourth-order valence-corrected chi connectivity index (χ4v) is 4.81. The van der Waals surface area contributed by atoms with E-state index >= 15 is 0 Å². The monoisotopic (exact) mass is 382 g/mol. The third-order valence-corrected chi connectivity index (χ3v) is 6.16. The third-order valence-electron chi connectivity index (χ3n) is 6.16. The molecule has 0 bridgehead atoms. The van der Waals surface area contributed by atoms with Gasteiger partial charge in [-0.1, -0.05) is 97.1 Å². The number of unbranched alkanes of at least 4 members (excludes halogenated alkanes) is 2. The Hall–Kier alpha value is -2.60. The minimum absolute atomic E-state index is 0.118. The summed E-state index contributed by atoms with van der Waals surface area (Å²) in [7, 11) is 0. The van der Waals surface area contributed by atoms with Crippen LogP contribution in [0.1, 0.15) is 60.8 Å². The fraction of sp³-hybridized carbons (Fsp3) is 0.310. The van der Waals surface area contributed by atoms with Crippen molar-refractivity contribution in [1.29, 1.82) is 0 Å². The fourth-order valence-electron chi connectivity index (χ4n) is 4.81. The predicted molar refractivity (Wildman–Crippen MR) is 129 cm³/mol. The molecule has 150 valence electrons. The molecule has 3 rings (SSSR count). The molecule has 29 heavy (non-hydrogen) atoms. The van der Waals surface area contributed by atoms with E-state index in [0.717, 1.165) is 12.8 Å². The molecule has 2 aromatic carbocycles. The van der Waals surface area contributed by atoms with Gasteiger partial charge in [-0.3, -0.25) is 0 Å². The number of rotatable bonds is 10. The number of allylic oxidation sites excluding steroid dienone is 6. The molecule has 0 saturated heterocycles. The Morgan fingerprint density at radius 1 is 0.724 bits per heavy atom. The summed E-state index contributed by atoms with van der Waals surface area (Å²) in [5, 5.41) is 0. The van der Waals surface area contributed by atoms with Crippen molar-refractivity contribution in [3.8, 4) is 11.1 Å². The maximum absolute atomic E-state index is 3.79. The van der Waals surface area contributed by atoms with Gasteiger partial charge in [-0.25, -0.2) is 0 Å². The van der Waals surface area contributed by atoms with E-state index in [2.05, 4.69) is 87.7 Å². The molecule has 0 aromatic heterocycles. The summed E-state index contributed by atoms with van der Waals surface area (Å²) in [6.45, 7) is 12.0. The summed E-state index contributed by atoms with van der Waals surface area (Å²) >= 11 is 0. The number of aryl methyl sites for hydroxylation is 2. The van der Waals surface area contributed by atoms with E-state index < -0.39 is 0 Å². The van der Waals surface area contributed by atoms with E-state index in [1.54, 1.807) is 11.1 Å². The normalized spacial score (nSPS) is 14.3. The Morgan fingerprint density at radius 3 is 1.59 bits per heavy atom. The molecule has 1 aliphatic rings. The summed E-state index contributed by atoms with van der Waals surface area (Å²) in [5.41, 5.74) is 8.79. The van der Waals surface area contributed by atoms with Crippen molar-refractivity contribution >= 4 is 0 Å². The smallest absolute Gasteiger partial charge is 0.0215 e. The molecule has 0 heterocycles. The summed E-state index contributed by atoms with van der Waals surface area (Å²) in [6, 6.07) is 14.1. The van der Waals surface area contributed by atoms with Crippen LogP contribution in [0.5, 0.6) is 0 Å². The van der Waals surface area contributed by atoms with Crippen LogP contribution < -0.4 is 0 Å². The first kappa shape index (κ1) is 21.1. The highest BCUT2D eigenvalue weighted by Gasteiger charge is 2.42. The van der Waals surface area contributed by atoms with E-state index in [9.17, 15) is 0 Å². The minimum Gasteiger partial charge on any atom is -0.0991 e. The second-order valence-corrected chi connectivity index (χ2v) is 8.29. The van der Waals surface area contributed by atoms with Crippen LogP contribution in [0.25, 0.3) is 11.1 Å². The van der Waals surface area contributed by atoms with Gasteiger partial charge >= 0.3 is 0 Å². The molecular formula is C29H34. The van der Waals surface area contributed by atoms with Crippen molar-refractivity contribution in [3.05, 3.63) is 108 Å². The van der Waals surface area contributed by atoms with Gasteiger partial charge in [0.2, 0.25) is 0 Å². The Labute approximate surface area is 177 Å². The Bertz CT molecular complexity index is 846. The van der Waals surface area contributed by atoms with Gasteiger partial charge in [0.05, 0.1) is 0 Å². The zero-order valence-corrected chi connectivity index (χ0v) is 18.1. The van der Waals surface area contributed by atoms with Crippen molar-refractivity contribution < 1.29 is 0 Å². The molecule has 0 N–H and O–H groups in total. The predicted octanol–water partition coefficient (Wildman–Crippen LogP) is 8.39. The number of hydrogen-bond donors (Lipinski definition) is 0. The highest BCUT2D eigenvalue weighted by Crippen LogP contribution is 2.54. The van der Waals surface area contributed by atoms with Crippen molar-refractivity contribution in [2.45, 2.75) is 57.8 Å². The molecule has 0 spiro atoms. The first-order chi connectivity index (χ1) is 14.1. The minimum atomic E-state index is 0.118. The molecule has 0 unspecified atom stereocenters. The molecule has 2 aromatic rings. The Morgan fingerprint density at radius 2 is 1.17 bits per heavy atom. The Kier molecular flexibility index (Phi) is 7.09. The molecule has 0 fully saturated rings. The molecule has 0 aliphatic heterocycles. The highest BCUT2D eigenvalue weighted by molar-refractivity contribution is 5.81. The van der Waals surface area contributed by atoms with Gasteiger partial charge in [0.25, 0.3) is 0 Å². The standard InChI is InChI=1S/C29H34/c1-5-7-9-11-13-19-29(20-14-12-10-8-6-2)27-21-23(3)15-17-25(27)26-18-16-24(4)22-28(26)29/h5-10,15-18,21-22H,1-2,11-14,19-20H2,3-4H3. The lowest BCUT2D eigenvalue weighted by molar-refractivity contribution is 0.421. The molecular weight excluding hydrogens is 348 g/mol. The van der Waals surface area contributed by atoms with Crippen LogP contribution in [0, 0.1) is 13.8 Å². The second kappa shape index (κ2) is 9.74. The van der Waals surface area contributed by atoms with Crippen molar-refractivity contribution in [1.82, 2.24) is 0 Å². The quantitative estimate of drug-likeness (QED) is 0.286. The van der Waals surface area contributed by atoms with E-state index in [1.807, 2.05) is 12.2 Å². The van der Waals surface area contributed by atoms with E-state index in [-0.39, 0.29) is 5.41 Å². The van der Waals surface area contributed by atoms with Gasteiger partial charge < -0.3 is 0 Å². The van der Waals surface area contributed by atoms with E-state index in [0.29, 0.717) is 0 Å². The molecule has 0 radical (unpaired) electrons. The van der Waals surface area contributed by atoms with Crippen molar-refractivity contribution in [3.63, 3.8) is 0 Å². The lowest BCUT2D eigenvalue weighted by Gasteiger charge is -2.33. The van der Waals surface area contributed by atoms with Crippen LogP contribution in [-0.4, -0.2) is 0 Å². The van der Waals surface area contributed by atoms with Gasteiger partial charge in [-0.05, 0) is 74.6 Å². The average molecular weight is 383 g/mol. The topological polar surface area (TPSA) is 0 Å². The lowest BCUT2D eigenvalue weighted by atomic mass is 9.70. The first-order valence-electron chi connectivity index (χ1n) is 10.9. The molecule has 0 atom stereocenters. The molecule has 0 heteroatoms. The number of hydrogen-bond acceptors (Lipinski definition) is 0. The van der Waals surface area contributed by atoms with Gasteiger partial charge in [0.1, 0.15) is 0 Å². The average Bonchev–Trinajstić information content (AvgIpc) is 2.96. The lowest BCUT2D eigenvalue weighted by Crippen LogP contribution is -2.25.